The van der Waals surface area contributed by atoms with Gasteiger partial charge >= 0.3 is 0 Å². The molecule has 3 rings (SSSR count). The number of nitrogens with one attached hydrogen (secondary N) is 1. The number of carbonyl (C=O) groups excluding carboxylic acids is 1. The first-order valence-electron chi connectivity index (χ1n) is 9.87. The van der Waals surface area contributed by atoms with Gasteiger partial charge in [0.25, 0.3) is 5.91 Å². The third-order valence-corrected chi connectivity index (χ3v) is 8.02. The fourth-order valence-corrected chi connectivity index (χ4v) is 5.56. The molecule has 31 heavy (non-hydrogen) atoms. The summed E-state index contributed by atoms with van der Waals surface area (Å²) in [4.78, 5) is 18.0. The van der Waals surface area contributed by atoms with Gasteiger partial charge in [0.05, 0.1) is 10.6 Å². The average Bonchev–Trinajstić information content (AvgIpc) is 3.09. The number of rotatable bonds is 8. The van der Waals surface area contributed by atoms with Gasteiger partial charge in [0.15, 0.2) is 5.13 Å². The summed E-state index contributed by atoms with van der Waals surface area (Å²) in [7, 11) is -3.58. The number of carbonyl (C=O) groups is 1. The molecule has 0 radical (unpaired) electrons. The number of nitrogens with zero attached hydrogens (tertiary/aromatic N) is 2. The molecule has 1 heterocycles. The summed E-state index contributed by atoms with van der Waals surface area (Å²) in [5.74, 6) is -0.668. The molecule has 0 fully saturated rings. The van der Waals surface area contributed by atoms with Gasteiger partial charge < -0.3 is 0 Å². The maximum Gasteiger partial charge on any atom is 0.257 e. The zero-order valence-electron chi connectivity index (χ0n) is 17.6. The van der Waals surface area contributed by atoms with Crippen LogP contribution in [0.1, 0.15) is 40.3 Å². The maximum absolute atomic E-state index is 13.9. The lowest BCUT2D eigenvalue weighted by molar-refractivity contribution is 0.102. The maximum atomic E-state index is 13.9. The predicted molar refractivity (Wildman–Crippen MR) is 121 cm³/mol. The Bertz CT molecular complexity index is 1170. The first-order chi connectivity index (χ1) is 14.8. The molecule has 3 aromatic rings. The number of benzene rings is 2. The van der Waals surface area contributed by atoms with E-state index in [2.05, 4.69) is 10.3 Å². The molecule has 0 aliphatic rings. The highest BCUT2D eigenvalue weighted by Gasteiger charge is 2.22. The fraction of sp³-hybridized carbons (Fsp3) is 0.273. The van der Waals surface area contributed by atoms with Crippen molar-refractivity contribution in [2.45, 2.75) is 32.1 Å². The van der Waals surface area contributed by atoms with E-state index in [-0.39, 0.29) is 10.7 Å². The van der Waals surface area contributed by atoms with Gasteiger partial charge in [-0.1, -0.05) is 32.0 Å². The van der Waals surface area contributed by atoms with Gasteiger partial charge in [-0.2, -0.15) is 4.31 Å². The number of thiazole rings is 1. The number of anilines is 1. The standard InChI is InChI=1S/C22H24FN3O3S2/c1-4-26(5-2)31(28,29)18-12-10-16(11-13-18)21(27)25-22-24-15(3)20(30-22)14-17-8-6-7-9-19(17)23/h6-13H,4-5,14H2,1-3H3,(H,24,25,27). The molecule has 9 heteroatoms. The van der Waals surface area contributed by atoms with Crippen molar-refractivity contribution >= 4 is 32.4 Å². The molecule has 6 nitrogen and oxygen atoms in total. The number of sulfonamides is 1. The van der Waals surface area contributed by atoms with Crippen molar-refractivity contribution in [3.05, 3.63) is 76.0 Å². The molecule has 0 saturated carbocycles. The topological polar surface area (TPSA) is 79.4 Å². The minimum absolute atomic E-state index is 0.144. The van der Waals surface area contributed by atoms with E-state index >= 15 is 0 Å². The van der Waals surface area contributed by atoms with E-state index in [1.807, 2.05) is 6.92 Å². The summed E-state index contributed by atoms with van der Waals surface area (Å²) in [5.41, 5.74) is 1.61. The number of aryl methyl sites for hydroxylation is 1. The van der Waals surface area contributed by atoms with Crippen LogP contribution in [0, 0.1) is 12.7 Å². The lowest BCUT2D eigenvalue weighted by Gasteiger charge is -2.18. The molecule has 0 unspecified atom stereocenters. The molecule has 1 aromatic heterocycles. The lowest BCUT2D eigenvalue weighted by atomic mass is 10.1. The summed E-state index contributed by atoms with van der Waals surface area (Å²) < 4.78 is 40.4. The van der Waals surface area contributed by atoms with Crippen LogP contribution in [0.5, 0.6) is 0 Å². The summed E-state index contributed by atoms with van der Waals surface area (Å²) in [5, 5.41) is 3.15. The van der Waals surface area contributed by atoms with E-state index in [9.17, 15) is 17.6 Å². The van der Waals surface area contributed by atoms with E-state index in [1.54, 1.807) is 32.0 Å². The number of aromatic nitrogens is 1. The van der Waals surface area contributed by atoms with Crippen molar-refractivity contribution in [3.8, 4) is 0 Å². The quantitative estimate of drug-likeness (QED) is 0.537. The van der Waals surface area contributed by atoms with Gasteiger partial charge in [0.2, 0.25) is 10.0 Å². The van der Waals surface area contributed by atoms with Crippen LogP contribution in [0.4, 0.5) is 9.52 Å². The minimum Gasteiger partial charge on any atom is -0.298 e. The van der Waals surface area contributed by atoms with Gasteiger partial charge in [0.1, 0.15) is 5.82 Å². The van der Waals surface area contributed by atoms with E-state index in [0.29, 0.717) is 35.8 Å². The second-order valence-corrected chi connectivity index (χ2v) is 9.89. The Morgan fingerprint density at radius 3 is 2.35 bits per heavy atom. The third kappa shape index (κ3) is 5.17. The monoisotopic (exact) mass is 461 g/mol. The van der Waals surface area contributed by atoms with Crippen molar-refractivity contribution in [1.82, 2.24) is 9.29 Å². The summed E-state index contributed by atoms with van der Waals surface area (Å²) in [6.07, 6.45) is 0.393. The molecule has 0 spiro atoms. The molecule has 0 saturated heterocycles. The number of hydrogen-bond donors (Lipinski definition) is 1. The van der Waals surface area contributed by atoms with Gasteiger partial charge in [-0.05, 0) is 42.8 Å². The largest absolute Gasteiger partial charge is 0.298 e. The van der Waals surface area contributed by atoms with Crippen molar-refractivity contribution < 1.29 is 17.6 Å². The minimum atomic E-state index is -3.58. The molecule has 0 bridgehead atoms. The smallest absolute Gasteiger partial charge is 0.257 e. The van der Waals surface area contributed by atoms with Crippen molar-refractivity contribution in [2.24, 2.45) is 0 Å². The molecule has 164 valence electrons. The fourth-order valence-electron chi connectivity index (χ4n) is 3.12. The second-order valence-electron chi connectivity index (χ2n) is 6.86. The molecular formula is C22H24FN3O3S2. The molecule has 0 atom stereocenters. The van der Waals surface area contributed by atoms with Gasteiger partial charge in [-0.25, -0.2) is 17.8 Å². The Morgan fingerprint density at radius 2 is 1.74 bits per heavy atom. The van der Waals surface area contributed by atoms with Gasteiger partial charge in [-0.3, -0.25) is 10.1 Å². The molecule has 2 aromatic carbocycles. The van der Waals surface area contributed by atoms with Crippen molar-refractivity contribution in [1.29, 1.82) is 0 Å². The zero-order valence-corrected chi connectivity index (χ0v) is 19.2. The van der Waals surface area contributed by atoms with Crippen molar-refractivity contribution in [2.75, 3.05) is 18.4 Å². The molecule has 0 aliphatic heterocycles. The Balaban J connectivity index is 1.73. The van der Waals surface area contributed by atoms with Crippen LogP contribution in [0.15, 0.2) is 53.4 Å². The van der Waals surface area contributed by atoms with Gasteiger partial charge in [0, 0.05) is 30.0 Å². The highest BCUT2D eigenvalue weighted by Crippen LogP contribution is 2.26. The van der Waals surface area contributed by atoms with Crippen LogP contribution in [0.25, 0.3) is 0 Å². The number of halogens is 1. The predicted octanol–water partition coefficient (Wildman–Crippen LogP) is 4.46. The number of amides is 1. The highest BCUT2D eigenvalue weighted by molar-refractivity contribution is 7.89. The van der Waals surface area contributed by atoms with Crippen molar-refractivity contribution in [3.63, 3.8) is 0 Å². The Kier molecular flexibility index (Phi) is 7.19. The second kappa shape index (κ2) is 9.67. The van der Waals surface area contributed by atoms with Crippen LogP contribution in [0.2, 0.25) is 0 Å². The molecule has 1 N–H and O–H groups in total. The third-order valence-electron chi connectivity index (χ3n) is 4.88. The molecular weight excluding hydrogens is 437 g/mol. The molecule has 1 amide bonds. The van der Waals surface area contributed by atoms with Crippen LogP contribution < -0.4 is 5.32 Å². The average molecular weight is 462 g/mol. The summed E-state index contributed by atoms with van der Waals surface area (Å²) in [6, 6.07) is 12.4. The summed E-state index contributed by atoms with van der Waals surface area (Å²) in [6.45, 7) is 6.12. The Hall–Kier alpha value is -2.62. The number of hydrogen-bond acceptors (Lipinski definition) is 5. The summed E-state index contributed by atoms with van der Waals surface area (Å²) >= 11 is 1.29. The first-order valence-corrected chi connectivity index (χ1v) is 12.1. The van der Waals surface area contributed by atoms with E-state index in [4.69, 9.17) is 0 Å². The van der Waals surface area contributed by atoms with Crippen LogP contribution in [-0.4, -0.2) is 36.7 Å². The van der Waals surface area contributed by atoms with E-state index < -0.39 is 15.9 Å². The van der Waals surface area contributed by atoms with Gasteiger partial charge in [-0.15, -0.1) is 11.3 Å². The zero-order chi connectivity index (χ0) is 22.6. The van der Waals surface area contributed by atoms with Crippen LogP contribution >= 0.6 is 11.3 Å². The lowest BCUT2D eigenvalue weighted by Crippen LogP contribution is -2.30. The SMILES string of the molecule is CCN(CC)S(=O)(=O)c1ccc(C(=O)Nc2nc(C)c(Cc3ccccc3F)s2)cc1. The normalized spacial score (nSPS) is 11.6. The van der Waals surface area contributed by atoms with E-state index in [0.717, 1.165) is 10.6 Å². The van der Waals surface area contributed by atoms with Crippen LogP contribution in [0.3, 0.4) is 0 Å². The Morgan fingerprint density at radius 1 is 1.10 bits per heavy atom. The first kappa shape index (κ1) is 23.1. The Labute approximate surface area is 185 Å². The van der Waals surface area contributed by atoms with E-state index in [1.165, 1.54) is 46.0 Å². The highest BCUT2D eigenvalue weighted by atomic mass is 32.2. The molecule has 0 aliphatic carbocycles. The van der Waals surface area contributed by atoms with Crippen LogP contribution in [-0.2, 0) is 16.4 Å².